The number of hydrogen-bond acceptors (Lipinski definition) is 1. The maximum absolute atomic E-state index is 11.8. The topological polar surface area (TPSA) is 12.0 Å². The van der Waals surface area contributed by atoms with Crippen LogP contribution in [0.3, 0.4) is 0 Å². The van der Waals surface area contributed by atoms with Crippen molar-refractivity contribution in [1.29, 1.82) is 0 Å². The Bertz CT molecular complexity index is 132. The summed E-state index contributed by atoms with van der Waals surface area (Å²) in [6.07, 6.45) is -1.33. The zero-order valence-corrected chi connectivity index (χ0v) is 8.18. The number of alkyl halides is 3. The highest BCUT2D eigenvalue weighted by Gasteiger charge is 2.28. The van der Waals surface area contributed by atoms with E-state index in [1.807, 2.05) is 0 Å². The summed E-state index contributed by atoms with van der Waals surface area (Å²) in [7, 11) is 0. The van der Waals surface area contributed by atoms with Crippen molar-refractivity contribution < 1.29 is 13.2 Å². The van der Waals surface area contributed by atoms with E-state index < -0.39 is 12.6 Å². The first-order chi connectivity index (χ1) is 5.58. The first-order valence-corrected chi connectivity index (χ1v) is 4.38. The van der Waals surface area contributed by atoms with Crippen LogP contribution in [0.4, 0.5) is 13.2 Å². The lowest BCUT2D eigenvalue weighted by atomic mass is 10.0. The lowest BCUT2D eigenvalue weighted by molar-refractivity contribution is -0.136. The standard InChI is InChI=1S/C8H14F3N.ClH/c9-8(10,11)5-4-7-3-1-2-6-12-7;/h7,12H,1-6H2;1H. The quantitative estimate of drug-likeness (QED) is 0.750. The smallest absolute Gasteiger partial charge is 0.314 e. The van der Waals surface area contributed by atoms with Crippen LogP contribution in [0.15, 0.2) is 0 Å². The molecule has 0 bridgehead atoms. The van der Waals surface area contributed by atoms with E-state index >= 15 is 0 Å². The minimum absolute atomic E-state index is 0. The molecule has 0 radical (unpaired) electrons. The van der Waals surface area contributed by atoms with Gasteiger partial charge in [0.15, 0.2) is 0 Å². The van der Waals surface area contributed by atoms with Gasteiger partial charge in [0.25, 0.3) is 0 Å². The molecule has 1 unspecified atom stereocenters. The molecule has 0 aromatic rings. The zero-order valence-electron chi connectivity index (χ0n) is 7.36. The van der Waals surface area contributed by atoms with Crippen molar-refractivity contribution >= 4 is 12.4 Å². The summed E-state index contributed by atoms with van der Waals surface area (Å²) in [4.78, 5) is 0. The summed E-state index contributed by atoms with van der Waals surface area (Å²) >= 11 is 0. The van der Waals surface area contributed by atoms with E-state index in [0.717, 1.165) is 25.8 Å². The molecule has 0 saturated carbocycles. The van der Waals surface area contributed by atoms with Gasteiger partial charge < -0.3 is 5.32 Å². The van der Waals surface area contributed by atoms with Crippen LogP contribution in [0, 0.1) is 0 Å². The molecule has 80 valence electrons. The second-order valence-electron chi connectivity index (χ2n) is 3.30. The van der Waals surface area contributed by atoms with Gasteiger partial charge in [0, 0.05) is 12.5 Å². The Morgan fingerprint density at radius 3 is 2.38 bits per heavy atom. The number of rotatable bonds is 2. The fourth-order valence-electron chi connectivity index (χ4n) is 1.51. The molecule has 1 rings (SSSR count). The predicted molar refractivity (Wildman–Crippen MR) is 48.2 cm³/mol. The predicted octanol–water partition coefficient (Wildman–Crippen LogP) is 2.89. The maximum Gasteiger partial charge on any atom is 0.389 e. The van der Waals surface area contributed by atoms with Gasteiger partial charge in [-0.2, -0.15) is 13.2 Å². The number of nitrogens with one attached hydrogen (secondary N) is 1. The van der Waals surface area contributed by atoms with Crippen LogP contribution < -0.4 is 5.32 Å². The van der Waals surface area contributed by atoms with Gasteiger partial charge in [-0.25, -0.2) is 0 Å². The summed E-state index contributed by atoms with van der Waals surface area (Å²) in [5, 5.41) is 3.09. The molecule has 1 aliphatic rings. The minimum atomic E-state index is -3.99. The van der Waals surface area contributed by atoms with Gasteiger partial charge >= 0.3 is 6.18 Å². The van der Waals surface area contributed by atoms with Crippen molar-refractivity contribution in [3.8, 4) is 0 Å². The Hall–Kier alpha value is 0.0400. The van der Waals surface area contributed by atoms with Crippen LogP contribution in [0.25, 0.3) is 0 Å². The lowest BCUT2D eigenvalue weighted by Crippen LogP contribution is -2.34. The number of hydrogen-bond donors (Lipinski definition) is 1. The fraction of sp³-hybridized carbons (Fsp3) is 1.00. The molecule has 0 aliphatic carbocycles. The van der Waals surface area contributed by atoms with Crippen molar-refractivity contribution in [3.05, 3.63) is 0 Å². The van der Waals surface area contributed by atoms with Gasteiger partial charge in [-0.05, 0) is 25.8 Å². The van der Waals surface area contributed by atoms with Crippen molar-refractivity contribution in [3.63, 3.8) is 0 Å². The van der Waals surface area contributed by atoms with Crippen LogP contribution in [0.5, 0.6) is 0 Å². The molecule has 1 nitrogen and oxygen atoms in total. The van der Waals surface area contributed by atoms with Crippen molar-refractivity contribution in [2.75, 3.05) is 6.54 Å². The highest BCUT2D eigenvalue weighted by molar-refractivity contribution is 5.85. The molecule has 1 heterocycles. The summed E-state index contributed by atoms with van der Waals surface area (Å²) < 4.78 is 35.3. The molecule has 0 amide bonds. The molecule has 1 N–H and O–H groups in total. The SMILES string of the molecule is Cl.FC(F)(F)CCC1CCCCN1. The van der Waals surface area contributed by atoms with Gasteiger partial charge in [0.1, 0.15) is 0 Å². The van der Waals surface area contributed by atoms with E-state index in [2.05, 4.69) is 5.32 Å². The fourth-order valence-corrected chi connectivity index (χ4v) is 1.51. The second kappa shape index (κ2) is 5.70. The molecule has 0 aromatic carbocycles. The highest BCUT2D eigenvalue weighted by atomic mass is 35.5. The molecular weight excluding hydrogens is 203 g/mol. The van der Waals surface area contributed by atoms with Crippen LogP contribution in [-0.2, 0) is 0 Å². The molecule has 0 aromatic heterocycles. The summed E-state index contributed by atoms with van der Waals surface area (Å²) in [6, 6.07) is 0.0976. The van der Waals surface area contributed by atoms with Gasteiger partial charge in [-0.15, -0.1) is 12.4 Å². The Balaban J connectivity index is 0.00000144. The third-order valence-electron chi connectivity index (χ3n) is 2.19. The molecule has 5 heteroatoms. The van der Waals surface area contributed by atoms with E-state index in [-0.39, 0.29) is 24.9 Å². The Kier molecular flexibility index (Phi) is 5.72. The van der Waals surface area contributed by atoms with E-state index in [9.17, 15) is 13.2 Å². The van der Waals surface area contributed by atoms with Crippen LogP contribution in [-0.4, -0.2) is 18.8 Å². The van der Waals surface area contributed by atoms with Crippen molar-refractivity contribution in [1.82, 2.24) is 5.32 Å². The van der Waals surface area contributed by atoms with E-state index in [1.54, 1.807) is 0 Å². The maximum atomic E-state index is 11.8. The third kappa shape index (κ3) is 6.16. The molecule has 1 fully saturated rings. The summed E-state index contributed by atoms with van der Waals surface area (Å²) in [5.74, 6) is 0. The average molecular weight is 218 g/mol. The minimum Gasteiger partial charge on any atom is -0.314 e. The van der Waals surface area contributed by atoms with E-state index in [0.29, 0.717) is 0 Å². The number of piperidine rings is 1. The van der Waals surface area contributed by atoms with Gasteiger partial charge in [-0.1, -0.05) is 6.42 Å². The van der Waals surface area contributed by atoms with Crippen molar-refractivity contribution in [2.45, 2.75) is 44.3 Å². The summed E-state index contributed by atoms with van der Waals surface area (Å²) in [6.45, 7) is 0.878. The molecule has 1 aliphatic heterocycles. The molecule has 1 saturated heterocycles. The summed E-state index contributed by atoms with van der Waals surface area (Å²) in [5.41, 5.74) is 0. The zero-order chi connectivity index (χ0) is 9.03. The van der Waals surface area contributed by atoms with Crippen molar-refractivity contribution in [2.24, 2.45) is 0 Å². The largest absolute Gasteiger partial charge is 0.389 e. The van der Waals surface area contributed by atoms with Crippen LogP contribution in [0.1, 0.15) is 32.1 Å². The van der Waals surface area contributed by atoms with Crippen LogP contribution >= 0.6 is 12.4 Å². The molecule has 13 heavy (non-hydrogen) atoms. The van der Waals surface area contributed by atoms with Gasteiger partial charge in [0.05, 0.1) is 0 Å². The van der Waals surface area contributed by atoms with Gasteiger partial charge in [0.2, 0.25) is 0 Å². The van der Waals surface area contributed by atoms with E-state index in [4.69, 9.17) is 0 Å². The Morgan fingerprint density at radius 1 is 1.23 bits per heavy atom. The van der Waals surface area contributed by atoms with E-state index in [1.165, 1.54) is 0 Å². The number of halogens is 4. The van der Waals surface area contributed by atoms with Gasteiger partial charge in [-0.3, -0.25) is 0 Å². The average Bonchev–Trinajstić information content (AvgIpc) is 2.02. The normalized spacial score (nSPS) is 23.8. The second-order valence-corrected chi connectivity index (χ2v) is 3.30. The molecule has 0 spiro atoms. The lowest BCUT2D eigenvalue weighted by Gasteiger charge is -2.23. The third-order valence-corrected chi connectivity index (χ3v) is 2.19. The first-order valence-electron chi connectivity index (χ1n) is 4.38. The first kappa shape index (κ1) is 13.0. The monoisotopic (exact) mass is 217 g/mol. The molecular formula is C8H15ClF3N. The Morgan fingerprint density at radius 2 is 1.92 bits per heavy atom. The highest BCUT2D eigenvalue weighted by Crippen LogP contribution is 2.24. The molecule has 1 atom stereocenters. The Labute approximate surface area is 82.5 Å². The van der Waals surface area contributed by atoms with Crippen LogP contribution in [0.2, 0.25) is 0 Å².